The van der Waals surface area contributed by atoms with Gasteiger partial charge in [-0.25, -0.2) is 4.98 Å². The molecule has 8 aromatic rings. The van der Waals surface area contributed by atoms with Gasteiger partial charge in [0.15, 0.2) is 0 Å². The van der Waals surface area contributed by atoms with Crippen LogP contribution in [0.25, 0.3) is 69.8 Å². The number of benzene rings is 6. The lowest BCUT2D eigenvalue weighted by Crippen LogP contribution is -2.10. The average molecular weight is 603 g/mol. The van der Waals surface area contributed by atoms with Gasteiger partial charge in [0, 0.05) is 25.7 Å². The summed E-state index contributed by atoms with van der Waals surface area (Å²) in [6, 6.07) is 38.4. The van der Waals surface area contributed by atoms with Crippen LogP contribution in [0.2, 0.25) is 0 Å². The van der Waals surface area contributed by atoms with Crippen LogP contribution in [-0.2, 0) is 0 Å². The van der Waals surface area contributed by atoms with Crippen LogP contribution in [0.1, 0.15) is 76.0 Å². The number of imidazole rings is 1. The summed E-state index contributed by atoms with van der Waals surface area (Å²) in [5, 5.41) is 7.86. The second-order valence-electron chi connectivity index (χ2n) is 13.4. The first-order valence-electron chi connectivity index (χ1n) is 16.2. The maximum atomic E-state index is 5.36. The molecule has 0 aliphatic carbocycles. The first-order valence-corrected chi connectivity index (χ1v) is 17.0. The smallest absolute Gasteiger partial charge is 0.145 e. The van der Waals surface area contributed by atoms with Crippen molar-refractivity contribution in [2.45, 2.75) is 59.3 Å². The zero-order chi connectivity index (χ0) is 31.0. The van der Waals surface area contributed by atoms with Crippen molar-refractivity contribution >= 4 is 64.1 Å². The number of rotatable bonds is 5. The number of hydrogen-bond donors (Lipinski definition) is 0. The molecule has 0 atom stereocenters. The van der Waals surface area contributed by atoms with Gasteiger partial charge in [0.1, 0.15) is 5.82 Å². The van der Waals surface area contributed by atoms with E-state index in [4.69, 9.17) is 4.98 Å². The van der Waals surface area contributed by atoms with Crippen molar-refractivity contribution in [3.05, 3.63) is 120 Å². The van der Waals surface area contributed by atoms with Crippen molar-refractivity contribution in [2.24, 2.45) is 0 Å². The molecular formula is C42H38N2S. The molecule has 0 bridgehead atoms. The quantitative estimate of drug-likeness (QED) is 0.179. The normalized spacial score (nSPS) is 12.4. The zero-order valence-corrected chi connectivity index (χ0v) is 27.7. The molecule has 6 aromatic carbocycles. The first-order chi connectivity index (χ1) is 21.8. The van der Waals surface area contributed by atoms with E-state index in [1.807, 2.05) is 11.3 Å². The van der Waals surface area contributed by atoms with Crippen LogP contribution in [0.15, 0.2) is 103 Å². The van der Waals surface area contributed by atoms with Crippen molar-refractivity contribution in [3.8, 4) is 17.1 Å². The van der Waals surface area contributed by atoms with Gasteiger partial charge in [-0.3, -0.25) is 4.57 Å². The number of nitrogens with zero attached hydrogens (tertiary/aromatic N) is 2. The number of para-hydroxylation sites is 2. The van der Waals surface area contributed by atoms with Crippen molar-refractivity contribution in [3.63, 3.8) is 0 Å². The van der Waals surface area contributed by atoms with Gasteiger partial charge in [0.25, 0.3) is 0 Å². The van der Waals surface area contributed by atoms with Crippen molar-refractivity contribution in [1.29, 1.82) is 0 Å². The van der Waals surface area contributed by atoms with Gasteiger partial charge in [-0.1, -0.05) is 108 Å². The minimum Gasteiger partial charge on any atom is -0.292 e. The van der Waals surface area contributed by atoms with Gasteiger partial charge in [-0.15, -0.1) is 11.3 Å². The Kier molecular flexibility index (Phi) is 6.58. The molecule has 2 heterocycles. The van der Waals surface area contributed by atoms with E-state index >= 15 is 0 Å². The summed E-state index contributed by atoms with van der Waals surface area (Å²) < 4.78 is 5.10. The molecule has 0 amide bonds. The second kappa shape index (κ2) is 10.6. The van der Waals surface area contributed by atoms with Crippen molar-refractivity contribution in [2.75, 3.05) is 0 Å². The third-order valence-electron chi connectivity index (χ3n) is 9.50. The minimum atomic E-state index is 0.370. The molecular weight excluding hydrogens is 565 g/mol. The van der Waals surface area contributed by atoms with E-state index in [0.717, 1.165) is 22.4 Å². The summed E-state index contributed by atoms with van der Waals surface area (Å²) in [4.78, 5) is 5.36. The van der Waals surface area contributed by atoms with E-state index < -0.39 is 0 Å². The highest BCUT2D eigenvalue weighted by Crippen LogP contribution is 2.43. The molecule has 0 unspecified atom stereocenters. The highest BCUT2D eigenvalue weighted by molar-refractivity contribution is 7.26. The van der Waals surface area contributed by atoms with Gasteiger partial charge in [-0.05, 0) is 92.4 Å². The summed E-state index contributed by atoms with van der Waals surface area (Å²) in [5.41, 5.74) is 8.79. The summed E-state index contributed by atoms with van der Waals surface area (Å²) >= 11 is 1.88. The van der Waals surface area contributed by atoms with E-state index in [1.54, 1.807) is 0 Å². The summed E-state index contributed by atoms with van der Waals surface area (Å²) in [6.45, 7) is 13.9. The predicted molar refractivity (Wildman–Crippen MR) is 197 cm³/mol. The Morgan fingerprint density at radius 2 is 1.27 bits per heavy atom. The molecule has 45 heavy (non-hydrogen) atoms. The lowest BCUT2D eigenvalue weighted by atomic mass is 9.87. The van der Waals surface area contributed by atoms with Crippen LogP contribution in [-0.4, -0.2) is 9.55 Å². The molecule has 2 aromatic heterocycles. The molecule has 3 heteroatoms. The Morgan fingerprint density at radius 1 is 0.578 bits per heavy atom. The van der Waals surface area contributed by atoms with Gasteiger partial charge >= 0.3 is 0 Å². The van der Waals surface area contributed by atoms with Gasteiger partial charge in [-0.2, -0.15) is 0 Å². The van der Waals surface area contributed by atoms with E-state index in [0.29, 0.717) is 17.8 Å². The Labute approximate surface area is 269 Å². The summed E-state index contributed by atoms with van der Waals surface area (Å²) in [6.07, 6.45) is 0. The number of hydrogen-bond acceptors (Lipinski definition) is 2. The molecule has 8 rings (SSSR count). The third-order valence-corrected chi connectivity index (χ3v) is 10.6. The lowest BCUT2D eigenvalue weighted by Gasteiger charge is -2.25. The topological polar surface area (TPSA) is 17.8 Å². The maximum absolute atomic E-state index is 5.36. The SMILES string of the molecule is CC(C)c1cc(C(C)C)c(-n2c(-c3ccc4sc5ccc6c7ccccc7ccc6c5c4c3)nc3ccccc32)c(C(C)C)c1. The number of thiophene rings is 1. The van der Waals surface area contributed by atoms with E-state index in [1.165, 1.54) is 64.1 Å². The fourth-order valence-electron chi connectivity index (χ4n) is 7.12. The van der Waals surface area contributed by atoms with Crippen LogP contribution in [0, 0.1) is 0 Å². The maximum Gasteiger partial charge on any atom is 0.145 e. The molecule has 0 fully saturated rings. The third kappa shape index (κ3) is 4.40. The number of fused-ring (bicyclic) bond motifs is 8. The monoisotopic (exact) mass is 602 g/mol. The second-order valence-corrected chi connectivity index (χ2v) is 14.5. The summed E-state index contributed by atoms with van der Waals surface area (Å²) in [7, 11) is 0. The molecule has 2 nitrogen and oxygen atoms in total. The average Bonchev–Trinajstić information content (AvgIpc) is 3.62. The highest BCUT2D eigenvalue weighted by atomic mass is 32.1. The molecule has 222 valence electrons. The highest BCUT2D eigenvalue weighted by Gasteiger charge is 2.24. The Bertz CT molecular complexity index is 2390. The molecule has 0 radical (unpaired) electrons. The van der Waals surface area contributed by atoms with Crippen LogP contribution in [0.5, 0.6) is 0 Å². The standard InChI is InChI=1S/C42H38N2S/c1-24(2)29-22-33(25(3)4)41(34(23-29)26(5)6)44-37-14-10-9-13-36(37)43-42(44)28-16-19-38-35(21-28)40-32-17-15-27-11-7-8-12-30(27)31(32)18-20-39(40)45-38/h7-26H,1-6H3. The predicted octanol–water partition coefficient (Wildman–Crippen LogP) is 12.7. The fraction of sp³-hybridized carbons (Fsp3) is 0.214. The van der Waals surface area contributed by atoms with Gasteiger partial charge in [0.2, 0.25) is 0 Å². The van der Waals surface area contributed by atoms with Gasteiger partial charge < -0.3 is 0 Å². The molecule has 0 aliphatic heterocycles. The van der Waals surface area contributed by atoms with Crippen LogP contribution in [0.3, 0.4) is 0 Å². The largest absolute Gasteiger partial charge is 0.292 e. The summed E-state index contributed by atoms with van der Waals surface area (Å²) in [5.74, 6) is 2.21. The fourth-order valence-corrected chi connectivity index (χ4v) is 8.23. The zero-order valence-electron chi connectivity index (χ0n) is 26.8. The minimum absolute atomic E-state index is 0.370. The van der Waals surface area contributed by atoms with Crippen LogP contribution < -0.4 is 0 Å². The molecule has 0 spiro atoms. The molecule has 0 aliphatic rings. The molecule has 0 saturated carbocycles. The van der Waals surface area contributed by atoms with E-state index in [-0.39, 0.29) is 0 Å². The first kappa shape index (κ1) is 28.0. The van der Waals surface area contributed by atoms with Crippen molar-refractivity contribution in [1.82, 2.24) is 9.55 Å². The van der Waals surface area contributed by atoms with Crippen molar-refractivity contribution < 1.29 is 0 Å². The van der Waals surface area contributed by atoms with E-state index in [2.05, 4.69) is 149 Å². The Balaban J connectivity index is 1.45. The van der Waals surface area contributed by atoms with Crippen LogP contribution in [0.4, 0.5) is 0 Å². The Hall–Kier alpha value is -4.47. The molecule has 0 saturated heterocycles. The van der Waals surface area contributed by atoms with Gasteiger partial charge in [0.05, 0.1) is 16.7 Å². The van der Waals surface area contributed by atoms with Crippen LogP contribution >= 0.6 is 11.3 Å². The Morgan fingerprint density at radius 3 is 2.02 bits per heavy atom. The van der Waals surface area contributed by atoms with E-state index in [9.17, 15) is 0 Å². The lowest BCUT2D eigenvalue weighted by molar-refractivity contribution is 0.788. The molecule has 0 N–H and O–H groups in total. The number of aromatic nitrogens is 2.